The van der Waals surface area contributed by atoms with Crippen LogP contribution in [0.5, 0.6) is 5.75 Å². The minimum Gasteiger partial charge on any atom is -0.486 e. The van der Waals surface area contributed by atoms with E-state index < -0.39 is 6.23 Å². The van der Waals surface area contributed by atoms with Gasteiger partial charge in [0.1, 0.15) is 23.7 Å². The number of carbonyl (C=O) groups is 3. The molecule has 0 heterocycles. The summed E-state index contributed by atoms with van der Waals surface area (Å²) in [6.07, 6.45) is 11.8. The Morgan fingerprint density at radius 3 is 2.37 bits per heavy atom. The average molecular weight is 712 g/mol. The largest absolute Gasteiger partial charge is 0.486 e. The summed E-state index contributed by atoms with van der Waals surface area (Å²) in [5.74, 6) is 2.65. The number of aryl methyl sites for hydroxylation is 1. The Labute approximate surface area is 311 Å². The first-order valence-electron chi connectivity index (χ1n) is 19.9. The molecule has 3 fully saturated rings. The van der Waals surface area contributed by atoms with E-state index in [1.807, 2.05) is 49.2 Å². The van der Waals surface area contributed by atoms with E-state index in [0.29, 0.717) is 23.5 Å². The summed E-state index contributed by atoms with van der Waals surface area (Å²) < 4.78 is 18.1. The van der Waals surface area contributed by atoms with Crippen LogP contribution in [0.1, 0.15) is 122 Å². The molecule has 3 saturated carbocycles. The molecule has 9 atom stereocenters. The Bertz CT molecular complexity index is 1590. The van der Waals surface area contributed by atoms with Crippen LogP contribution in [0.3, 0.4) is 0 Å². The third-order valence-corrected chi connectivity index (χ3v) is 13.8. The minimum atomic E-state index is -0.412. The molecular formula is C45H61NO6. The predicted octanol–water partition coefficient (Wildman–Crippen LogP) is 9.58. The van der Waals surface area contributed by atoms with E-state index in [2.05, 4.69) is 51.1 Å². The lowest BCUT2D eigenvalue weighted by atomic mass is 9.47. The van der Waals surface area contributed by atoms with Crippen molar-refractivity contribution >= 4 is 17.7 Å². The molecule has 0 radical (unpaired) electrons. The van der Waals surface area contributed by atoms with E-state index in [1.54, 1.807) is 6.92 Å². The van der Waals surface area contributed by atoms with Gasteiger partial charge in [-0.25, -0.2) is 0 Å². The number of hydrogen-bond donors (Lipinski definition) is 0. The first kappa shape index (κ1) is 38.3. The lowest BCUT2D eigenvalue weighted by Gasteiger charge is -2.58. The van der Waals surface area contributed by atoms with E-state index >= 15 is 0 Å². The summed E-state index contributed by atoms with van der Waals surface area (Å²) in [4.78, 5) is 40.2. The molecular weight excluding hydrogens is 650 g/mol. The molecule has 52 heavy (non-hydrogen) atoms. The van der Waals surface area contributed by atoms with Gasteiger partial charge in [-0.15, -0.1) is 0 Å². The van der Waals surface area contributed by atoms with Crippen LogP contribution in [0, 0.1) is 41.4 Å². The quantitative estimate of drug-likeness (QED) is 0.110. The summed E-state index contributed by atoms with van der Waals surface area (Å²) in [6, 6.07) is 18.4. The van der Waals surface area contributed by atoms with E-state index in [-0.39, 0.29) is 53.7 Å². The Balaban J connectivity index is 0.925. The molecule has 0 aliphatic heterocycles. The standard InChI is InChI=1S/C45H61NO6/c1-30-14-17-35(18-15-30)51-41(33-11-8-7-9-12-33)13-10-28-46(6)32(3)50-42(48)22-23-43(49)52-36-24-26-44(4)34(29-36)16-19-37-39-21-20-38(31(2)47)45(39,5)27-25-40(37)44/h7-9,11-12,14-18,32,36-41H,10,13,19-29H2,1-6H3. The van der Waals surface area contributed by atoms with Crippen LogP contribution in [0.25, 0.3) is 0 Å². The summed E-state index contributed by atoms with van der Waals surface area (Å²) in [5.41, 5.74) is 4.08. The first-order chi connectivity index (χ1) is 24.9. The number of ketones is 1. The summed E-state index contributed by atoms with van der Waals surface area (Å²) in [6.45, 7) is 11.3. The van der Waals surface area contributed by atoms with Gasteiger partial charge in [0, 0.05) is 18.9 Å². The van der Waals surface area contributed by atoms with Gasteiger partial charge in [-0.2, -0.15) is 0 Å². The molecule has 7 nitrogen and oxygen atoms in total. The fraction of sp³-hybridized carbons (Fsp3) is 0.622. The van der Waals surface area contributed by atoms with Crippen LogP contribution in [0.2, 0.25) is 0 Å². The van der Waals surface area contributed by atoms with Crippen LogP contribution in [-0.4, -0.2) is 48.5 Å². The van der Waals surface area contributed by atoms with Gasteiger partial charge in [0.25, 0.3) is 0 Å². The third-order valence-electron chi connectivity index (χ3n) is 13.8. The SMILES string of the molecule is CC(=O)C1CCC2C3CC=C4CC(OC(=O)CCC(=O)OC(C)N(C)CCCC(Oc5ccc(C)cc5)c5ccccc5)CCC4(C)C3CCC12C. The summed E-state index contributed by atoms with van der Waals surface area (Å²) in [5, 5.41) is 0. The normalized spacial score (nSPS) is 30.6. The fourth-order valence-corrected chi connectivity index (χ4v) is 10.6. The highest BCUT2D eigenvalue weighted by atomic mass is 16.6. The molecule has 2 aromatic rings. The number of benzene rings is 2. The highest BCUT2D eigenvalue weighted by molar-refractivity contribution is 5.79. The van der Waals surface area contributed by atoms with Crippen molar-refractivity contribution in [1.29, 1.82) is 0 Å². The number of allylic oxidation sites excluding steroid dienone is 1. The molecule has 0 spiro atoms. The average Bonchev–Trinajstić information content (AvgIpc) is 3.49. The number of hydrogen-bond acceptors (Lipinski definition) is 7. The van der Waals surface area contributed by atoms with Crippen molar-refractivity contribution in [3.63, 3.8) is 0 Å². The second kappa shape index (κ2) is 16.3. The zero-order valence-corrected chi connectivity index (χ0v) is 32.4. The topological polar surface area (TPSA) is 82.1 Å². The first-order valence-corrected chi connectivity index (χ1v) is 19.9. The van der Waals surface area contributed by atoms with Gasteiger partial charge in [0.15, 0.2) is 6.23 Å². The van der Waals surface area contributed by atoms with E-state index in [9.17, 15) is 14.4 Å². The highest BCUT2D eigenvalue weighted by Gasteiger charge is 2.59. The second-order valence-electron chi connectivity index (χ2n) is 16.9. The van der Waals surface area contributed by atoms with Crippen molar-refractivity contribution in [3.8, 4) is 5.75 Å². The molecule has 7 heteroatoms. The van der Waals surface area contributed by atoms with Gasteiger partial charge in [0.05, 0.1) is 12.8 Å². The van der Waals surface area contributed by atoms with Gasteiger partial charge in [-0.05, 0) is 132 Å². The van der Waals surface area contributed by atoms with Crippen LogP contribution in [-0.2, 0) is 23.9 Å². The zero-order valence-electron chi connectivity index (χ0n) is 32.4. The third kappa shape index (κ3) is 8.35. The van der Waals surface area contributed by atoms with Crippen LogP contribution in [0.4, 0.5) is 0 Å². The Hall–Kier alpha value is -3.45. The van der Waals surface area contributed by atoms with Gasteiger partial charge in [-0.1, -0.05) is 73.5 Å². The fourth-order valence-electron chi connectivity index (χ4n) is 10.6. The Morgan fingerprint density at radius 2 is 1.63 bits per heavy atom. The molecule has 4 aliphatic carbocycles. The molecule has 282 valence electrons. The van der Waals surface area contributed by atoms with Gasteiger partial charge in [-0.3, -0.25) is 19.3 Å². The van der Waals surface area contributed by atoms with Gasteiger partial charge >= 0.3 is 11.9 Å². The van der Waals surface area contributed by atoms with Crippen molar-refractivity contribution in [2.45, 2.75) is 130 Å². The van der Waals surface area contributed by atoms with E-state index in [4.69, 9.17) is 14.2 Å². The molecule has 6 rings (SSSR count). The molecule has 0 aromatic heterocycles. The monoisotopic (exact) mass is 711 g/mol. The van der Waals surface area contributed by atoms with Gasteiger partial charge in [0.2, 0.25) is 0 Å². The Morgan fingerprint density at radius 1 is 0.904 bits per heavy atom. The van der Waals surface area contributed by atoms with E-state index in [0.717, 1.165) is 69.2 Å². The van der Waals surface area contributed by atoms with Crippen LogP contribution >= 0.6 is 0 Å². The maximum atomic E-state index is 12.9. The maximum Gasteiger partial charge on any atom is 0.307 e. The number of Topliss-reactive ketones (excluding diaryl/α,β-unsaturated/α-hetero) is 1. The molecule has 0 N–H and O–H groups in total. The van der Waals surface area contributed by atoms with Crippen LogP contribution < -0.4 is 4.74 Å². The van der Waals surface area contributed by atoms with Crippen LogP contribution in [0.15, 0.2) is 66.2 Å². The smallest absolute Gasteiger partial charge is 0.307 e. The number of nitrogens with zero attached hydrogens (tertiary/aromatic N) is 1. The Kier molecular flexibility index (Phi) is 12.0. The maximum absolute atomic E-state index is 12.9. The molecule has 0 amide bonds. The lowest BCUT2D eigenvalue weighted by Crippen LogP contribution is -2.51. The number of fused-ring (bicyclic) bond motifs is 5. The summed E-state index contributed by atoms with van der Waals surface area (Å²) >= 11 is 0. The lowest BCUT2D eigenvalue weighted by molar-refractivity contribution is -0.161. The predicted molar refractivity (Wildman–Crippen MR) is 203 cm³/mol. The minimum absolute atomic E-state index is 0.00971. The number of ether oxygens (including phenoxy) is 3. The van der Waals surface area contributed by atoms with Crippen molar-refractivity contribution in [2.75, 3.05) is 13.6 Å². The van der Waals surface area contributed by atoms with Crippen molar-refractivity contribution in [1.82, 2.24) is 4.90 Å². The molecule has 0 saturated heterocycles. The second-order valence-corrected chi connectivity index (χ2v) is 16.9. The number of esters is 2. The van der Waals surface area contributed by atoms with Crippen molar-refractivity contribution in [3.05, 3.63) is 77.4 Å². The van der Waals surface area contributed by atoms with Crippen molar-refractivity contribution in [2.24, 2.45) is 34.5 Å². The molecule has 2 aromatic carbocycles. The highest BCUT2D eigenvalue weighted by Crippen LogP contribution is 2.66. The molecule has 0 bridgehead atoms. The molecule has 9 unspecified atom stereocenters. The zero-order chi connectivity index (χ0) is 37.0. The van der Waals surface area contributed by atoms with E-state index in [1.165, 1.54) is 24.0 Å². The summed E-state index contributed by atoms with van der Waals surface area (Å²) in [7, 11) is 1.95. The van der Waals surface area contributed by atoms with Crippen molar-refractivity contribution < 1.29 is 28.6 Å². The number of rotatable bonds is 14. The van der Waals surface area contributed by atoms with Gasteiger partial charge < -0.3 is 14.2 Å². The molecule has 4 aliphatic rings. The number of carbonyl (C=O) groups excluding carboxylic acids is 3.